The minimum Gasteiger partial charge on any atom is -0.385 e. The van der Waals surface area contributed by atoms with Gasteiger partial charge in [-0.3, -0.25) is 4.57 Å². The number of hydrogen-bond donors (Lipinski definition) is 1. The fourth-order valence-corrected chi connectivity index (χ4v) is 2.19. The zero-order valence-electron chi connectivity index (χ0n) is 9.03. The molecule has 90 valence electrons. The van der Waals surface area contributed by atoms with Crippen molar-refractivity contribution in [2.24, 2.45) is 0 Å². The van der Waals surface area contributed by atoms with Crippen LogP contribution in [0.4, 0.5) is 0 Å². The fourth-order valence-electron chi connectivity index (χ4n) is 1.12. The van der Waals surface area contributed by atoms with Crippen LogP contribution >= 0.6 is 27.7 Å². The lowest BCUT2D eigenvalue weighted by Gasteiger charge is -2.04. The second-order valence-corrected chi connectivity index (χ2v) is 5.18. The minimum atomic E-state index is -0.182. The Morgan fingerprint density at radius 3 is 3.12 bits per heavy atom. The first kappa shape index (κ1) is 13.5. The van der Waals surface area contributed by atoms with Crippen LogP contribution in [0.25, 0.3) is 0 Å². The lowest BCUT2D eigenvalue weighted by molar-refractivity contribution is 0.189. The van der Waals surface area contributed by atoms with Crippen molar-refractivity contribution in [3.63, 3.8) is 0 Å². The van der Waals surface area contributed by atoms with E-state index >= 15 is 0 Å². The summed E-state index contributed by atoms with van der Waals surface area (Å²) in [4.78, 5) is 11.4. The van der Waals surface area contributed by atoms with Crippen LogP contribution in [0.5, 0.6) is 0 Å². The molecule has 0 aliphatic rings. The van der Waals surface area contributed by atoms with Gasteiger partial charge in [0, 0.05) is 26.0 Å². The monoisotopic (exact) mass is 307 g/mol. The Morgan fingerprint density at radius 2 is 2.50 bits per heavy atom. The highest BCUT2D eigenvalue weighted by Crippen LogP contribution is 2.18. The summed E-state index contributed by atoms with van der Waals surface area (Å²) < 4.78 is 7.43. The van der Waals surface area contributed by atoms with Crippen molar-refractivity contribution in [3.8, 4) is 0 Å². The molecule has 0 atom stereocenters. The van der Waals surface area contributed by atoms with E-state index in [1.807, 2.05) is 0 Å². The van der Waals surface area contributed by atoms with Gasteiger partial charge in [-0.25, -0.2) is 9.89 Å². The Bertz CT molecular complexity index is 402. The number of nitrogens with zero attached hydrogens (tertiary/aromatic N) is 2. The van der Waals surface area contributed by atoms with Crippen LogP contribution < -0.4 is 5.69 Å². The highest BCUT2D eigenvalue weighted by Gasteiger charge is 2.08. The van der Waals surface area contributed by atoms with Crippen molar-refractivity contribution in [1.29, 1.82) is 0 Å². The molecule has 0 saturated carbocycles. The zero-order chi connectivity index (χ0) is 12.0. The second-order valence-electron chi connectivity index (χ2n) is 3.12. The van der Waals surface area contributed by atoms with Crippen molar-refractivity contribution < 1.29 is 4.74 Å². The molecule has 0 bridgehead atoms. The van der Waals surface area contributed by atoms with Crippen LogP contribution in [0, 0.1) is 0 Å². The Labute approximate surface area is 106 Å². The number of methoxy groups -OCH3 is 1. The van der Waals surface area contributed by atoms with Gasteiger partial charge in [-0.05, 0) is 10.9 Å². The molecule has 5 nitrogen and oxygen atoms in total. The van der Waals surface area contributed by atoms with Crippen molar-refractivity contribution in [3.05, 3.63) is 21.5 Å². The van der Waals surface area contributed by atoms with Crippen LogP contribution in [0.2, 0.25) is 0 Å². The van der Waals surface area contributed by atoms with E-state index in [-0.39, 0.29) is 5.69 Å². The first-order valence-corrected chi connectivity index (χ1v) is 6.53. The van der Waals surface area contributed by atoms with Crippen LogP contribution in [0.15, 0.2) is 21.0 Å². The van der Waals surface area contributed by atoms with Crippen molar-refractivity contribution in [2.45, 2.75) is 18.1 Å². The molecule has 0 aliphatic heterocycles. The Balaban J connectivity index is 2.62. The van der Waals surface area contributed by atoms with E-state index in [9.17, 15) is 4.79 Å². The van der Waals surface area contributed by atoms with Gasteiger partial charge in [0.1, 0.15) is 0 Å². The second kappa shape index (κ2) is 6.93. The summed E-state index contributed by atoms with van der Waals surface area (Å²) in [5, 5.41) is 7.07. The third kappa shape index (κ3) is 4.15. The molecule has 1 aromatic heterocycles. The van der Waals surface area contributed by atoms with Gasteiger partial charge in [-0.2, -0.15) is 0 Å². The third-order valence-electron chi connectivity index (χ3n) is 1.81. The summed E-state index contributed by atoms with van der Waals surface area (Å²) in [5.74, 6) is 0.689. The number of H-pyrrole nitrogens is 1. The number of ether oxygens (including phenoxy) is 1. The summed E-state index contributed by atoms with van der Waals surface area (Å²) in [7, 11) is 1.64. The Morgan fingerprint density at radius 1 is 1.75 bits per heavy atom. The fraction of sp³-hybridized carbons (Fsp3) is 0.556. The zero-order valence-corrected chi connectivity index (χ0v) is 11.4. The molecule has 1 heterocycles. The van der Waals surface area contributed by atoms with Crippen LogP contribution in [-0.2, 0) is 11.3 Å². The molecule has 1 rings (SSSR count). The normalized spacial score (nSPS) is 10.6. The number of halogens is 1. The number of nitrogens with one attached hydrogen (secondary N) is 1. The largest absolute Gasteiger partial charge is 0.385 e. The highest BCUT2D eigenvalue weighted by atomic mass is 79.9. The van der Waals surface area contributed by atoms with Crippen molar-refractivity contribution in [2.75, 3.05) is 19.5 Å². The third-order valence-corrected chi connectivity index (χ3v) is 3.53. The van der Waals surface area contributed by atoms with Crippen molar-refractivity contribution >= 4 is 27.7 Å². The van der Waals surface area contributed by atoms with E-state index in [0.29, 0.717) is 24.1 Å². The first-order chi connectivity index (χ1) is 7.65. The maximum absolute atomic E-state index is 11.4. The molecular formula is C9H14BrN3O2S. The number of aromatic amines is 1. The van der Waals surface area contributed by atoms with E-state index in [1.54, 1.807) is 11.7 Å². The molecule has 0 aromatic carbocycles. The van der Waals surface area contributed by atoms with E-state index in [1.165, 1.54) is 11.8 Å². The minimum absolute atomic E-state index is 0.182. The molecular weight excluding hydrogens is 294 g/mol. The molecule has 1 N–H and O–H groups in total. The maximum atomic E-state index is 11.4. The first-order valence-electron chi connectivity index (χ1n) is 4.75. The van der Waals surface area contributed by atoms with Gasteiger partial charge in [0.05, 0.1) is 0 Å². The maximum Gasteiger partial charge on any atom is 0.343 e. The van der Waals surface area contributed by atoms with E-state index in [4.69, 9.17) is 4.74 Å². The lowest BCUT2D eigenvalue weighted by atomic mass is 10.4. The standard InChI is InChI=1S/C9H14BrN3O2S/c1-7(10)6-16-9-12-11-8(14)13(9)4-3-5-15-2/h1,3-6H2,2H3,(H,11,14). The summed E-state index contributed by atoms with van der Waals surface area (Å²) in [5.41, 5.74) is -0.182. The molecule has 7 heteroatoms. The van der Waals surface area contributed by atoms with E-state index in [2.05, 4.69) is 32.7 Å². The molecule has 1 aromatic rings. The Kier molecular flexibility index (Phi) is 5.86. The molecule has 0 spiro atoms. The highest BCUT2D eigenvalue weighted by molar-refractivity contribution is 9.11. The molecule has 0 radical (unpaired) electrons. The van der Waals surface area contributed by atoms with Crippen LogP contribution in [0.3, 0.4) is 0 Å². The molecule has 0 unspecified atom stereocenters. The summed E-state index contributed by atoms with van der Waals surface area (Å²) in [6.07, 6.45) is 0.790. The van der Waals surface area contributed by atoms with E-state index in [0.717, 1.165) is 10.9 Å². The topological polar surface area (TPSA) is 59.9 Å². The van der Waals surface area contributed by atoms with Crippen LogP contribution in [-0.4, -0.2) is 34.2 Å². The number of thioether (sulfide) groups is 1. The average molecular weight is 308 g/mol. The smallest absolute Gasteiger partial charge is 0.343 e. The quantitative estimate of drug-likeness (QED) is 0.614. The van der Waals surface area contributed by atoms with Gasteiger partial charge in [0.25, 0.3) is 0 Å². The number of rotatable bonds is 7. The predicted octanol–water partition coefficient (Wildman–Crippen LogP) is 1.61. The van der Waals surface area contributed by atoms with E-state index < -0.39 is 0 Å². The molecule has 0 saturated heterocycles. The summed E-state index contributed by atoms with van der Waals surface area (Å²) >= 11 is 4.73. The number of hydrogen-bond acceptors (Lipinski definition) is 4. The van der Waals surface area contributed by atoms with Gasteiger partial charge in [0.15, 0.2) is 5.16 Å². The average Bonchev–Trinajstić information content (AvgIpc) is 2.58. The van der Waals surface area contributed by atoms with Gasteiger partial charge in [-0.1, -0.05) is 34.3 Å². The SMILES string of the molecule is C=C(Br)CSc1n[nH]c(=O)n1CCCOC. The molecule has 0 fully saturated rings. The summed E-state index contributed by atoms with van der Waals surface area (Å²) in [6, 6.07) is 0. The van der Waals surface area contributed by atoms with Gasteiger partial charge < -0.3 is 4.74 Å². The predicted molar refractivity (Wildman–Crippen MR) is 68.1 cm³/mol. The Hall–Kier alpha value is -0.530. The molecule has 0 amide bonds. The lowest BCUT2D eigenvalue weighted by Crippen LogP contribution is -2.18. The van der Waals surface area contributed by atoms with Crippen molar-refractivity contribution in [1.82, 2.24) is 14.8 Å². The van der Waals surface area contributed by atoms with Gasteiger partial charge in [0.2, 0.25) is 0 Å². The molecule has 16 heavy (non-hydrogen) atoms. The van der Waals surface area contributed by atoms with Gasteiger partial charge >= 0.3 is 5.69 Å². The summed E-state index contributed by atoms with van der Waals surface area (Å²) in [6.45, 7) is 4.98. The number of aromatic nitrogens is 3. The molecule has 0 aliphatic carbocycles. The van der Waals surface area contributed by atoms with Gasteiger partial charge in [-0.15, -0.1) is 5.10 Å². The van der Waals surface area contributed by atoms with Crippen LogP contribution in [0.1, 0.15) is 6.42 Å².